The summed E-state index contributed by atoms with van der Waals surface area (Å²) in [6.45, 7) is 1.96. The van der Waals surface area contributed by atoms with Gasteiger partial charge in [-0.2, -0.15) is 0 Å². The molecule has 6 heteroatoms. The van der Waals surface area contributed by atoms with Crippen LogP contribution in [0.4, 0.5) is 0 Å². The van der Waals surface area contributed by atoms with E-state index in [2.05, 4.69) is 9.88 Å². The van der Waals surface area contributed by atoms with Crippen molar-refractivity contribution < 1.29 is 19.7 Å². The number of aromatic amines is 1. The lowest BCUT2D eigenvalue weighted by Gasteiger charge is -2.50. The molecular formula is C21H26N2O4. The zero-order valence-electron chi connectivity index (χ0n) is 15.5. The van der Waals surface area contributed by atoms with Crippen LogP contribution in [-0.4, -0.2) is 52.4 Å². The van der Waals surface area contributed by atoms with Crippen LogP contribution in [0, 0.1) is 17.8 Å². The number of nitrogens with zero attached hydrogens (tertiary/aromatic N) is 1. The number of carbonyl (C=O) groups excluding carboxylic acids is 1. The number of fused-ring (bicyclic) bond motifs is 6. The van der Waals surface area contributed by atoms with Gasteiger partial charge in [-0.3, -0.25) is 9.69 Å². The van der Waals surface area contributed by atoms with Crippen molar-refractivity contribution in [3.63, 3.8) is 0 Å². The minimum Gasteiger partial charge on any atom is -0.508 e. The van der Waals surface area contributed by atoms with Gasteiger partial charge in [0.1, 0.15) is 5.75 Å². The van der Waals surface area contributed by atoms with E-state index in [1.54, 1.807) is 6.07 Å². The summed E-state index contributed by atoms with van der Waals surface area (Å²) < 4.78 is 5.03. The number of aliphatic hydroxyl groups is 1. The van der Waals surface area contributed by atoms with Gasteiger partial charge in [0, 0.05) is 29.7 Å². The van der Waals surface area contributed by atoms with Crippen molar-refractivity contribution in [2.75, 3.05) is 20.2 Å². The van der Waals surface area contributed by atoms with E-state index in [9.17, 15) is 15.0 Å². The van der Waals surface area contributed by atoms with Crippen LogP contribution in [0.2, 0.25) is 0 Å². The number of phenols is 1. The van der Waals surface area contributed by atoms with Crippen molar-refractivity contribution in [2.24, 2.45) is 17.8 Å². The third kappa shape index (κ3) is 2.57. The van der Waals surface area contributed by atoms with Gasteiger partial charge in [-0.1, -0.05) is 0 Å². The molecule has 1 aromatic carbocycles. The Morgan fingerprint density at radius 2 is 2.19 bits per heavy atom. The summed E-state index contributed by atoms with van der Waals surface area (Å²) in [5.74, 6) is 0.173. The van der Waals surface area contributed by atoms with Gasteiger partial charge in [0.25, 0.3) is 0 Å². The zero-order valence-corrected chi connectivity index (χ0v) is 15.5. The second-order valence-electron chi connectivity index (χ2n) is 8.36. The third-order valence-electron chi connectivity index (χ3n) is 7.10. The van der Waals surface area contributed by atoms with Gasteiger partial charge in [0.15, 0.2) is 0 Å². The Balaban J connectivity index is 1.53. The van der Waals surface area contributed by atoms with Gasteiger partial charge >= 0.3 is 5.97 Å². The molecule has 144 valence electrons. The van der Waals surface area contributed by atoms with E-state index in [0.717, 1.165) is 43.3 Å². The number of ether oxygens (including phenoxy) is 1. The average molecular weight is 370 g/mol. The number of esters is 1. The molecule has 6 nitrogen and oxygen atoms in total. The highest BCUT2D eigenvalue weighted by Crippen LogP contribution is 2.49. The molecule has 0 bridgehead atoms. The predicted molar refractivity (Wildman–Crippen MR) is 100 cm³/mol. The first-order valence-electron chi connectivity index (χ1n) is 9.90. The van der Waals surface area contributed by atoms with Crippen molar-refractivity contribution in [1.82, 2.24) is 9.88 Å². The lowest BCUT2D eigenvalue weighted by atomic mass is 9.65. The fraction of sp³-hybridized carbons (Fsp3) is 0.571. The molecule has 0 spiro atoms. The third-order valence-corrected chi connectivity index (χ3v) is 7.10. The highest BCUT2D eigenvalue weighted by atomic mass is 16.5. The normalized spacial score (nSPS) is 33.2. The number of benzene rings is 1. The predicted octanol–water partition coefficient (Wildman–Crippen LogP) is 2.35. The zero-order chi connectivity index (χ0) is 18.7. The number of aromatic hydroxyl groups is 1. The van der Waals surface area contributed by atoms with E-state index in [1.165, 1.54) is 18.4 Å². The SMILES string of the molecule is COC(=O)[C@H]1[C@@H]2C[C@H]3c4[nH]c5ccc(O)cc5c4CCN3C[C@H]2CC[C@H]1O. The van der Waals surface area contributed by atoms with Crippen LogP contribution < -0.4 is 0 Å². The number of carbonyl (C=O) groups is 1. The van der Waals surface area contributed by atoms with E-state index in [1.807, 2.05) is 12.1 Å². The standard InChI is InChI=1S/C21H26N2O4/c1-27-21(26)19-14-9-17-20-13(15-8-12(24)3-4-16(15)22-20)6-7-23(17)10-11(14)2-5-18(19)25/h3-4,8,11,14,17-19,22,24-25H,2,5-7,9-10H2,1H3/t11-,14-,17+,18-,19+/m1/s1. The molecule has 2 aliphatic heterocycles. The van der Waals surface area contributed by atoms with Gasteiger partial charge in [-0.25, -0.2) is 0 Å². The van der Waals surface area contributed by atoms with Crippen LogP contribution in [0.3, 0.4) is 0 Å². The molecule has 2 fully saturated rings. The quantitative estimate of drug-likeness (QED) is 0.671. The van der Waals surface area contributed by atoms with Gasteiger partial charge < -0.3 is 19.9 Å². The number of piperidine rings is 1. The fourth-order valence-electron chi connectivity index (χ4n) is 5.84. The lowest BCUT2D eigenvalue weighted by molar-refractivity contribution is -0.160. The van der Waals surface area contributed by atoms with Crippen LogP contribution in [0.25, 0.3) is 10.9 Å². The van der Waals surface area contributed by atoms with Crippen molar-refractivity contribution in [3.8, 4) is 5.75 Å². The fourth-order valence-corrected chi connectivity index (χ4v) is 5.84. The maximum Gasteiger partial charge on any atom is 0.311 e. The maximum absolute atomic E-state index is 12.4. The Labute approximate surface area is 158 Å². The van der Waals surface area contributed by atoms with E-state index < -0.39 is 12.0 Å². The Kier molecular flexibility index (Phi) is 3.95. The molecule has 1 saturated heterocycles. The molecule has 5 atom stereocenters. The molecule has 0 amide bonds. The monoisotopic (exact) mass is 370 g/mol. The number of methoxy groups -OCH3 is 1. The van der Waals surface area contributed by atoms with Crippen LogP contribution in [0.5, 0.6) is 5.75 Å². The van der Waals surface area contributed by atoms with Crippen LogP contribution in [-0.2, 0) is 16.0 Å². The molecule has 0 unspecified atom stereocenters. The summed E-state index contributed by atoms with van der Waals surface area (Å²) in [5, 5.41) is 21.5. The second kappa shape index (κ2) is 6.24. The van der Waals surface area contributed by atoms with Crippen molar-refractivity contribution in [1.29, 1.82) is 0 Å². The first-order chi connectivity index (χ1) is 13.1. The molecule has 1 aromatic heterocycles. The highest BCUT2D eigenvalue weighted by molar-refractivity contribution is 5.86. The van der Waals surface area contributed by atoms with Crippen LogP contribution >= 0.6 is 0 Å². The van der Waals surface area contributed by atoms with Crippen LogP contribution in [0.1, 0.15) is 36.6 Å². The summed E-state index contributed by atoms with van der Waals surface area (Å²) in [7, 11) is 1.41. The summed E-state index contributed by atoms with van der Waals surface area (Å²) in [4.78, 5) is 18.5. The van der Waals surface area contributed by atoms with Crippen molar-refractivity contribution >= 4 is 16.9 Å². The molecular weight excluding hydrogens is 344 g/mol. The second-order valence-corrected chi connectivity index (χ2v) is 8.36. The van der Waals surface area contributed by atoms with Gasteiger partial charge in [-0.05, 0) is 61.3 Å². The number of nitrogens with one attached hydrogen (secondary N) is 1. The number of aliphatic hydroxyl groups excluding tert-OH is 1. The number of rotatable bonds is 1. The molecule has 0 radical (unpaired) electrons. The van der Waals surface area contributed by atoms with E-state index in [-0.39, 0.29) is 23.7 Å². The Hall–Kier alpha value is -2.05. The van der Waals surface area contributed by atoms with E-state index >= 15 is 0 Å². The minimum absolute atomic E-state index is 0.146. The molecule has 3 aliphatic rings. The smallest absolute Gasteiger partial charge is 0.311 e. The summed E-state index contributed by atoms with van der Waals surface area (Å²) in [6, 6.07) is 5.71. The molecule has 3 heterocycles. The van der Waals surface area contributed by atoms with Gasteiger partial charge in [0.05, 0.1) is 25.2 Å². The number of hydrogen-bond donors (Lipinski definition) is 3. The Morgan fingerprint density at radius 3 is 3.00 bits per heavy atom. The van der Waals surface area contributed by atoms with Crippen molar-refractivity contribution in [2.45, 2.75) is 37.8 Å². The van der Waals surface area contributed by atoms with Gasteiger partial charge in [0.2, 0.25) is 0 Å². The van der Waals surface area contributed by atoms with Crippen LogP contribution in [0.15, 0.2) is 18.2 Å². The lowest BCUT2D eigenvalue weighted by Crippen LogP contribution is -2.53. The van der Waals surface area contributed by atoms with E-state index in [0.29, 0.717) is 12.3 Å². The van der Waals surface area contributed by atoms with Crippen molar-refractivity contribution in [3.05, 3.63) is 29.5 Å². The topological polar surface area (TPSA) is 85.8 Å². The highest BCUT2D eigenvalue weighted by Gasteiger charge is 2.49. The molecule has 5 rings (SSSR count). The number of aromatic nitrogens is 1. The average Bonchev–Trinajstić information content (AvgIpc) is 3.04. The summed E-state index contributed by atoms with van der Waals surface area (Å²) in [5.41, 5.74) is 3.55. The molecule has 3 N–H and O–H groups in total. The molecule has 1 saturated carbocycles. The molecule has 2 aromatic rings. The largest absolute Gasteiger partial charge is 0.508 e. The summed E-state index contributed by atoms with van der Waals surface area (Å²) in [6.07, 6.45) is 2.86. The molecule has 1 aliphatic carbocycles. The number of H-pyrrole nitrogens is 1. The Bertz CT molecular complexity index is 892. The number of hydrogen-bond acceptors (Lipinski definition) is 5. The maximum atomic E-state index is 12.4. The van der Waals surface area contributed by atoms with Gasteiger partial charge in [-0.15, -0.1) is 0 Å². The van der Waals surface area contributed by atoms with E-state index in [4.69, 9.17) is 4.74 Å². The summed E-state index contributed by atoms with van der Waals surface area (Å²) >= 11 is 0. The number of phenolic OH excluding ortho intramolecular Hbond substituents is 1. The molecule has 27 heavy (non-hydrogen) atoms. The first-order valence-corrected chi connectivity index (χ1v) is 9.90. The Morgan fingerprint density at radius 1 is 1.33 bits per heavy atom. The first kappa shape index (κ1) is 17.1. The minimum atomic E-state index is -0.604.